The van der Waals surface area contributed by atoms with Crippen molar-refractivity contribution in [2.75, 3.05) is 0 Å². The van der Waals surface area contributed by atoms with E-state index < -0.39 is 24.4 Å². The second-order valence-corrected chi connectivity index (χ2v) is 3.94. The maximum atomic E-state index is 12.6. The smallest absolute Gasteiger partial charge is 0.330 e. The van der Waals surface area contributed by atoms with Crippen LogP contribution in [0.15, 0.2) is 18.2 Å². The van der Waals surface area contributed by atoms with Crippen LogP contribution in [0.4, 0.5) is 8.78 Å². The van der Waals surface area contributed by atoms with Crippen molar-refractivity contribution in [1.82, 2.24) is 0 Å². The maximum absolute atomic E-state index is 12.6. The van der Waals surface area contributed by atoms with Crippen molar-refractivity contribution in [3.05, 3.63) is 29.3 Å². The van der Waals surface area contributed by atoms with Gasteiger partial charge in [-0.2, -0.15) is 0 Å². The Balaban J connectivity index is 3.02. The summed E-state index contributed by atoms with van der Waals surface area (Å²) in [7, 11) is 0. The third kappa shape index (κ3) is 2.71. The Morgan fingerprint density at radius 1 is 1.53 bits per heavy atom. The molecule has 0 aliphatic heterocycles. The molecule has 4 N–H and O–H groups in total. The molecule has 0 spiro atoms. The van der Waals surface area contributed by atoms with Gasteiger partial charge in [-0.15, -0.1) is 0 Å². The molecule has 0 fully saturated rings. The van der Waals surface area contributed by atoms with E-state index in [1.807, 2.05) is 0 Å². The fraction of sp³-hybridized carbons (Fsp3) is 0.364. The highest BCUT2D eigenvalue weighted by Gasteiger charge is 2.43. The molecule has 0 amide bonds. The molecule has 1 rings (SSSR count). The Bertz CT molecular complexity index is 437. The highest BCUT2D eigenvalue weighted by atomic mass is 19.3. The van der Waals surface area contributed by atoms with E-state index in [9.17, 15) is 18.7 Å². The first-order chi connectivity index (χ1) is 7.77. The number of phenolic OH excluding ortho intramolecular Hbond substituents is 1. The molecule has 1 aromatic carbocycles. The monoisotopic (exact) mass is 245 g/mol. The summed E-state index contributed by atoms with van der Waals surface area (Å²) in [4.78, 5) is 10.8. The summed E-state index contributed by atoms with van der Waals surface area (Å²) in [5, 5.41) is 18.1. The Morgan fingerprint density at radius 2 is 2.12 bits per heavy atom. The molecule has 6 heteroatoms. The molecule has 0 saturated heterocycles. The van der Waals surface area contributed by atoms with Gasteiger partial charge in [0.2, 0.25) is 0 Å². The molecule has 0 heterocycles. The molecule has 0 aliphatic rings. The largest absolute Gasteiger partial charge is 0.508 e. The zero-order valence-corrected chi connectivity index (χ0v) is 9.15. The number of carbonyl (C=O) groups is 1. The molecule has 17 heavy (non-hydrogen) atoms. The Kier molecular flexibility index (Phi) is 3.67. The molecule has 1 atom stereocenters. The summed E-state index contributed by atoms with van der Waals surface area (Å²) < 4.78 is 25.3. The van der Waals surface area contributed by atoms with Gasteiger partial charge >= 0.3 is 5.97 Å². The van der Waals surface area contributed by atoms with Gasteiger partial charge in [-0.3, -0.25) is 0 Å². The number of halogens is 2. The van der Waals surface area contributed by atoms with Crippen molar-refractivity contribution >= 4 is 5.97 Å². The van der Waals surface area contributed by atoms with Crippen LogP contribution in [0.25, 0.3) is 0 Å². The zero-order valence-electron chi connectivity index (χ0n) is 9.15. The molecular weight excluding hydrogens is 232 g/mol. The van der Waals surface area contributed by atoms with Gasteiger partial charge in [0, 0.05) is 6.42 Å². The average molecular weight is 245 g/mol. The minimum Gasteiger partial charge on any atom is -0.508 e. The first-order valence-electron chi connectivity index (χ1n) is 4.86. The Labute approximate surface area is 96.7 Å². The summed E-state index contributed by atoms with van der Waals surface area (Å²) in [6.07, 6.45) is -3.74. The Morgan fingerprint density at radius 3 is 2.53 bits per heavy atom. The molecule has 1 aromatic rings. The van der Waals surface area contributed by atoms with Gasteiger partial charge in [0.25, 0.3) is 6.43 Å². The van der Waals surface area contributed by atoms with Crippen molar-refractivity contribution < 1.29 is 23.8 Å². The number of rotatable bonds is 4. The minimum absolute atomic E-state index is 0.0792. The van der Waals surface area contributed by atoms with Gasteiger partial charge < -0.3 is 15.9 Å². The lowest BCUT2D eigenvalue weighted by molar-refractivity contribution is -0.149. The molecule has 0 aromatic heterocycles. The van der Waals surface area contributed by atoms with Crippen molar-refractivity contribution in [1.29, 1.82) is 0 Å². The number of carboxylic acids is 1. The number of phenols is 1. The number of carboxylic acid groups (broad SMARTS) is 1. The molecule has 4 nitrogen and oxygen atoms in total. The fourth-order valence-electron chi connectivity index (χ4n) is 1.35. The molecule has 0 aliphatic carbocycles. The second-order valence-electron chi connectivity index (χ2n) is 3.94. The maximum Gasteiger partial charge on any atom is 0.330 e. The van der Waals surface area contributed by atoms with Crippen LogP contribution in [0.5, 0.6) is 5.75 Å². The van der Waals surface area contributed by atoms with Crippen LogP contribution in [0.1, 0.15) is 11.1 Å². The normalized spacial score (nSPS) is 14.6. The van der Waals surface area contributed by atoms with Gasteiger partial charge in [-0.25, -0.2) is 13.6 Å². The van der Waals surface area contributed by atoms with Gasteiger partial charge in [0.05, 0.1) is 0 Å². The topological polar surface area (TPSA) is 83.6 Å². The van der Waals surface area contributed by atoms with Crippen LogP contribution in [-0.4, -0.2) is 28.1 Å². The summed E-state index contributed by atoms with van der Waals surface area (Å²) in [5.41, 5.74) is 3.36. The predicted molar refractivity (Wildman–Crippen MR) is 57.1 cm³/mol. The van der Waals surface area contributed by atoms with Crippen molar-refractivity contribution in [2.24, 2.45) is 5.73 Å². The third-order valence-electron chi connectivity index (χ3n) is 2.56. The summed E-state index contributed by atoms with van der Waals surface area (Å²) >= 11 is 0. The molecular formula is C11H13F2NO3. The highest BCUT2D eigenvalue weighted by molar-refractivity contribution is 5.79. The van der Waals surface area contributed by atoms with E-state index in [0.29, 0.717) is 5.56 Å². The summed E-state index contributed by atoms with van der Waals surface area (Å²) in [6.45, 7) is 1.64. The summed E-state index contributed by atoms with van der Waals surface area (Å²) in [6, 6.07) is 4.21. The van der Waals surface area contributed by atoms with Gasteiger partial charge in [0.15, 0.2) is 5.54 Å². The lowest BCUT2D eigenvalue weighted by atomic mass is 9.92. The molecule has 94 valence electrons. The van der Waals surface area contributed by atoms with Crippen LogP contribution in [-0.2, 0) is 11.2 Å². The van der Waals surface area contributed by atoms with Crippen LogP contribution in [0.2, 0.25) is 0 Å². The third-order valence-corrected chi connectivity index (χ3v) is 2.56. The lowest BCUT2D eigenvalue weighted by Gasteiger charge is -2.23. The van der Waals surface area contributed by atoms with Crippen LogP contribution in [0, 0.1) is 6.92 Å². The number of benzene rings is 1. The number of alkyl halides is 2. The lowest BCUT2D eigenvalue weighted by Crippen LogP contribution is -2.55. The van der Waals surface area contributed by atoms with E-state index in [-0.39, 0.29) is 11.3 Å². The quantitative estimate of drug-likeness (QED) is 0.746. The number of aliphatic carboxylic acids is 1. The van der Waals surface area contributed by atoms with E-state index in [1.165, 1.54) is 18.2 Å². The second kappa shape index (κ2) is 4.67. The Hall–Kier alpha value is -1.69. The number of nitrogens with two attached hydrogens (primary N) is 1. The van der Waals surface area contributed by atoms with Crippen LogP contribution in [0.3, 0.4) is 0 Å². The van der Waals surface area contributed by atoms with E-state index in [2.05, 4.69) is 0 Å². The molecule has 0 saturated carbocycles. The van der Waals surface area contributed by atoms with E-state index in [1.54, 1.807) is 6.92 Å². The van der Waals surface area contributed by atoms with Gasteiger partial charge in [-0.05, 0) is 24.1 Å². The minimum atomic E-state index is -3.19. The average Bonchev–Trinajstić information content (AvgIpc) is 2.22. The van der Waals surface area contributed by atoms with Gasteiger partial charge in [-0.1, -0.05) is 12.1 Å². The van der Waals surface area contributed by atoms with E-state index in [4.69, 9.17) is 10.8 Å². The number of aromatic hydroxyl groups is 1. The molecule has 0 radical (unpaired) electrons. The van der Waals surface area contributed by atoms with E-state index in [0.717, 1.165) is 0 Å². The first-order valence-corrected chi connectivity index (χ1v) is 4.86. The number of hydrogen-bond donors (Lipinski definition) is 3. The first kappa shape index (κ1) is 13.4. The predicted octanol–water partition coefficient (Wildman–Crippen LogP) is 1.29. The molecule has 0 bridgehead atoms. The number of aryl methyl sites for hydroxylation is 1. The van der Waals surface area contributed by atoms with Crippen molar-refractivity contribution in [2.45, 2.75) is 25.3 Å². The highest BCUT2D eigenvalue weighted by Crippen LogP contribution is 2.23. The fourth-order valence-corrected chi connectivity index (χ4v) is 1.35. The van der Waals surface area contributed by atoms with E-state index >= 15 is 0 Å². The summed E-state index contributed by atoms with van der Waals surface area (Å²) in [5.74, 6) is -1.85. The van der Waals surface area contributed by atoms with Crippen LogP contribution >= 0.6 is 0 Å². The number of hydrogen-bond acceptors (Lipinski definition) is 3. The van der Waals surface area contributed by atoms with Crippen LogP contribution < -0.4 is 5.73 Å². The zero-order chi connectivity index (χ0) is 13.2. The van der Waals surface area contributed by atoms with Crippen molar-refractivity contribution in [3.8, 4) is 5.75 Å². The SMILES string of the molecule is Cc1ccc(CC(N)(C(=O)O)C(F)F)cc1O. The standard InChI is InChI=1S/C11H13F2NO3/c1-6-2-3-7(4-8(6)15)5-11(14,9(12)13)10(16)17/h2-4,9,15H,5,14H2,1H3,(H,16,17). The molecule has 1 unspecified atom stereocenters. The van der Waals surface area contributed by atoms with Crippen molar-refractivity contribution in [3.63, 3.8) is 0 Å². The van der Waals surface area contributed by atoms with Gasteiger partial charge in [0.1, 0.15) is 5.75 Å².